The molecule has 2 heterocycles. The lowest BCUT2D eigenvalue weighted by Gasteiger charge is -2.23. The first-order valence-corrected chi connectivity index (χ1v) is 8.68. The first kappa shape index (κ1) is 14.0. The van der Waals surface area contributed by atoms with E-state index in [1.165, 1.54) is 31.4 Å². The Morgan fingerprint density at radius 2 is 2.05 bits per heavy atom. The van der Waals surface area contributed by atoms with Crippen molar-refractivity contribution in [3.63, 3.8) is 0 Å². The molecule has 1 atom stereocenters. The molecule has 1 aromatic rings. The summed E-state index contributed by atoms with van der Waals surface area (Å²) in [6, 6.07) is 2.04. The SMILES string of the molecule is CCNc1cc(NCC2(C)CCCS2)nc(C2CC2)n1. The van der Waals surface area contributed by atoms with E-state index in [9.17, 15) is 0 Å². The Hall–Kier alpha value is -0.970. The number of aromatic nitrogens is 2. The highest BCUT2D eigenvalue weighted by Crippen LogP contribution is 2.40. The molecule has 1 aromatic heterocycles. The van der Waals surface area contributed by atoms with Gasteiger partial charge in [-0.15, -0.1) is 0 Å². The summed E-state index contributed by atoms with van der Waals surface area (Å²) in [7, 11) is 0. The number of nitrogens with zero attached hydrogens (tertiary/aromatic N) is 2. The van der Waals surface area contributed by atoms with Crippen LogP contribution in [-0.4, -0.2) is 33.6 Å². The maximum absolute atomic E-state index is 4.70. The van der Waals surface area contributed by atoms with E-state index in [1.54, 1.807) is 0 Å². The van der Waals surface area contributed by atoms with Crippen LogP contribution in [0.3, 0.4) is 0 Å². The van der Waals surface area contributed by atoms with Crippen LogP contribution < -0.4 is 10.6 Å². The van der Waals surface area contributed by atoms with E-state index in [1.807, 2.05) is 6.07 Å². The second-order valence-electron chi connectivity index (χ2n) is 6.06. The Balaban J connectivity index is 1.70. The average molecular weight is 292 g/mol. The Morgan fingerprint density at radius 3 is 2.65 bits per heavy atom. The number of rotatable bonds is 6. The van der Waals surface area contributed by atoms with Crippen molar-refractivity contribution in [3.8, 4) is 0 Å². The molecule has 20 heavy (non-hydrogen) atoms. The van der Waals surface area contributed by atoms with E-state index >= 15 is 0 Å². The fourth-order valence-corrected chi connectivity index (χ4v) is 3.85. The number of thioether (sulfide) groups is 1. The molecule has 0 bridgehead atoms. The number of hydrogen-bond donors (Lipinski definition) is 2. The molecule has 0 spiro atoms. The molecule has 5 heteroatoms. The summed E-state index contributed by atoms with van der Waals surface area (Å²) in [5, 5.41) is 6.85. The highest BCUT2D eigenvalue weighted by atomic mass is 32.2. The van der Waals surface area contributed by atoms with Crippen molar-refractivity contribution < 1.29 is 0 Å². The first-order chi connectivity index (χ1) is 9.68. The highest BCUT2D eigenvalue weighted by Gasteiger charge is 2.30. The predicted molar refractivity (Wildman–Crippen MR) is 86.8 cm³/mol. The van der Waals surface area contributed by atoms with E-state index in [0.717, 1.165) is 30.5 Å². The van der Waals surface area contributed by atoms with Crippen LogP contribution in [0.2, 0.25) is 0 Å². The van der Waals surface area contributed by atoms with Gasteiger partial charge in [0.2, 0.25) is 0 Å². The minimum atomic E-state index is 0.364. The molecule has 1 saturated heterocycles. The summed E-state index contributed by atoms with van der Waals surface area (Å²) in [5.74, 6) is 4.82. The van der Waals surface area contributed by atoms with Gasteiger partial charge in [0.15, 0.2) is 0 Å². The maximum Gasteiger partial charge on any atom is 0.136 e. The van der Waals surface area contributed by atoms with Gasteiger partial charge in [0.05, 0.1) is 0 Å². The molecule has 2 fully saturated rings. The molecular formula is C15H24N4S. The normalized spacial score (nSPS) is 25.7. The lowest BCUT2D eigenvalue weighted by Crippen LogP contribution is -2.27. The molecule has 1 aliphatic heterocycles. The van der Waals surface area contributed by atoms with Crippen molar-refractivity contribution in [2.75, 3.05) is 29.5 Å². The maximum atomic E-state index is 4.70. The molecule has 2 aliphatic rings. The predicted octanol–water partition coefficient (Wildman–Crippen LogP) is 3.48. The van der Waals surface area contributed by atoms with E-state index in [-0.39, 0.29) is 0 Å². The van der Waals surface area contributed by atoms with Gasteiger partial charge in [-0.25, -0.2) is 9.97 Å². The lowest BCUT2D eigenvalue weighted by atomic mass is 10.1. The summed E-state index contributed by atoms with van der Waals surface area (Å²) >= 11 is 2.08. The third-order valence-electron chi connectivity index (χ3n) is 3.99. The Labute approximate surface area is 125 Å². The van der Waals surface area contributed by atoms with Gasteiger partial charge in [0, 0.05) is 29.8 Å². The molecule has 0 radical (unpaired) electrons. The molecule has 3 rings (SSSR count). The van der Waals surface area contributed by atoms with Gasteiger partial charge in [-0.05, 0) is 45.3 Å². The average Bonchev–Trinajstić information content (AvgIpc) is 3.20. The monoisotopic (exact) mass is 292 g/mol. The van der Waals surface area contributed by atoms with Gasteiger partial charge in [0.1, 0.15) is 17.5 Å². The van der Waals surface area contributed by atoms with Gasteiger partial charge in [-0.3, -0.25) is 0 Å². The second kappa shape index (κ2) is 5.80. The van der Waals surface area contributed by atoms with Crippen molar-refractivity contribution in [1.82, 2.24) is 9.97 Å². The van der Waals surface area contributed by atoms with Crippen molar-refractivity contribution >= 4 is 23.4 Å². The van der Waals surface area contributed by atoms with Gasteiger partial charge in [-0.1, -0.05) is 0 Å². The van der Waals surface area contributed by atoms with Crippen molar-refractivity contribution in [3.05, 3.63) is 11.9 Å². The largest absolute Gasteiger partial charge is 0.370 e. The molecule has 1 unspecified atom stereocenters. The molecule has 0 aromatic carbocycles. The molecular weight excluding hydrogens is 268 g/mol. The third-order valence-corrected chi connectivity index (χ3v) is 5.53. The minimum Gasteiger partial charge on any atom is -0.370 e. The molecule has 1 aliphatic carbocycles. The summed E-state index contributed by atoms with van der Waals surface area (Å²) < 4.78 is 0.364. The minimum absolute atomic E-state index is 0.364. The molecule has 1 saturated carbocycles. The summed E-state index contributed by atoms with van der Waals surface area (Å²) in [4.78, 5) is 9.31. The van der Waals surface area contributed by atoms with E-state index in [0.29, 0.717) is 10.7 Å². The molecule has 4 nitrogen and oxygen atoms in total. The fraction of sp³-hybridized carbons (Fsp3) is 0.733. The molecule has 2 N–H and O–H groups in total. The van der Waals surface area contributed by atoms with Crippen molar-refractivity contribution in [1.29, 1.82) is 0 Å². The van der Waals surface area contributed by atoms with Crippen LogP contribution in [-0.2, 0) is 0 Å². The van der Waals surface area contributed by atoms with Gasteiger partial charge in [-0.2, -0.15) is 11.8 Å². The van der Waals surface area contributed by atoms with E-state index in [2.05, 4.69) is 41.2 Å². The molecule has 0 amide bonds. The summed E-state index contributed by atoms with van der Waals surface area (Å²) in [6.45, 7) is 6.34. The smallest absolute Gasteiger partial charge is 0.136 e. The summed E-state index contributed by atoms with van der Waals surface area (Å²) in [5.41, 5.74) is 0. The number of anilines is 2. The fourth-order valence-electron chi connectivity index (χ4n) is 2.61. The highest BCUT2D eigenvalue weighted by molar-refractivity contribution is 8.00. The van der Waals surface area contributed by atoms with Crippen LogP contribution in [0.4, 0.5) is 11.6 Å². The van der Waals surface area contributed by atoms with Crippen LogP contribution >= 0.6 is 11.8 Å². The lowest BCUT2D eigenvalue weighted by molar-refractivity contribution is 0.633. The van der Waals surface area contributed by atoms with Crippen LogP contribution in [0.5, 0.6) is 0 Å². The number of hydrogen-bond acceptors (Lipinski definition) is 5. The van der Waals surface area contributed by atoms with Gasteiger partial charge in [0.25, 0.3) is 0 Å². The first-order valence-electron chi connectivity index (χ1n) is 7.69. The van der Waals surface area contributed by atoms with E-state index < -0.39 is 0 Å². The van der Waals surface area contributed by atoms with Crippen molar-refractivity contribution in [2.45, 2.75) is 50.2 Å². The third kappa shape index (κ3) is 3.37. The van der Waals surface area contributed by atoms with Crippen LogP contribution in [0.25, 0.3) is 0 Å². The zero-order valence-electron chi connectivity index (χ0n) is 12.4. The van der Waals surface area contributed by atoms with Crippen LogP contribution in [0.1, 0.15) is 51.3 Å². The standard InChI is InChI=1S/C15H24N4S/c1-3-16-12-9-13(19-14(18-12)11-5-6-11)17-10-15(2)7-4-8-20-15/h9,11H,3-8,10H2,1-2H3,(H2,16,17,18,19). The quantitative estimate of drug-likeness (QED) is 0.840. The van der Waals surface area contributed by atoms with Crippen molar-refractivity contribution in [2.24, 2.45) is 0 Å². The zero-order chi connectivity index (χ0) is 14.0. The Morgan fingerprint density at radius 1 is 1.30 bits per heavy atom. The summed E-state index contributed by atoms with van der Waals surface area (Å²) in [6.07, 6.45) is 5.11. The zero-order valence-corrected chi connectivity index (χ0v) is 13.2. The Bertz CT molecular complexity index is 467. The Kier molecular flexibility index (Phi) is 4.06. The van der Waals surface area contributed by atoms with Crippen LogP contribution in [0, 0.1) is 0 Å². The van der Waals surface area contributed by atoms with E-state index in [4.69, 9.17) is 4.98 Å². The molecule has 110 valence electrons. The van der Waals surface area contributed by atoms with Gasteiger partial charge >= 0.3 is 0 Å². The number of nitrogens with one attached hydrogen (secondary N) is 2. The topological polar surface area (TPSA) is 49.8 Å². The van der Waals surface area contributed by atoms with Crippen LogP contribution in [0.15, 0.2) is 6.07 Å². The van der Waals surface area contributed by atoms with Gasteiger partial charge < -0.3 is 10.6 Å². The second-order valence-corrected chi connectivity index (χ2v) is 7.74.